The molecule has 1 fully saturated rings. The van der Waals surface area contributed by atoms with Crippen molar-refractivity contribution in [3.63, 3.8) is 0 Å². The fraction of sp³-hybridized carbons (Fsp3) is 0.250. The number of aromatic nitrogens is 4. The summed E-state index contributed by atoms with van der Waals surface area (Å²) in [4.78, 5) is 24.9. The van der Waals surface area contributed by atoms with Gasteiger partial charge in [-0.25, -0.2) is 23.5 Å². The van der Waals surface area contributed by atoms with Crippen molar-refractivity contribution in [3.05, 3.63) is 101 Å². The fourth-order valence-corrected chi connectivity index (χ4v) is 5.02. The number of aromatic carboxylic acids is 1. The Labute approximate surface area is 245 Å². The first-order valence-electron chi connectivity index (χ1n) is 13.7. The van der Waals surface area contributed by atoms with E-state index in [4.69, 9.17) is 14.2 Å². The number of aryl methyl sites for hydroxylation is 1. The number of benzene rings is 2. The number of methoxy groups -OCH3 is 1. The summed E-state index contributed by atoms with van der Waals surface area (Å²) in [5, 5.41) is 9.47. The minimum Gasteiger partial charge on any atom is -0.496 e. The minimum absolute atomic E-state index is 0.00413. The summed E-state index contributed by atoms with van der Waals surface area (Å²) in [5.74, 6) is -0.989. The predicted octanol–water partition coefficient (Wildman–Crippen LogP) is 5.75. The number of rotatable bonds is 10. The molecule has 0 spiro atoms. The number of carboxylic acid groups (broad SMARTS) is 1. The van der Waals surface area contributed by atoms with E-state index < -0.39 is 17.6 Å². The first-order chi connectivity index (χ1) is 20.8. The molecule has 1 N–H and O–H groups in total. The van der Waals surface area contributed by atoms with Gasteiger partial charge in [-0.3, -0.25) is 4.98 Å². The predicted molar refractivity (Wildman–Crippen MR) is 153 cm³/mol. The Morgan fingerprint density at radius 2 is 1.93 bits per heavy atom. The van der Waals surface area contributed by atoms with Gasteiger partial charge in [-0.15, -0.1) is 0 Å². The number of halogens is 2. The number of pyridine rings is 2. The maximum Gasteiger partial charge on any atom is 0.335 e. The van der Waals surface area contributed by atoms with Crippen LogP contribution in [-0.4, -0.2) is 50.4 Å². The molecule has 1 aliphatic heterocycles. The second-order valence-corrected chi connectivity index (χ2v) is 10.3. The normalized spacial score (nSPS) is 14.5. The summed E-state index contributed by atoms with van der Waals surface area (Å²) in [6, 6.07) is 13.6. The zero-order valence-electron chi connectivity index (χ0n) is 23.5. The molecule has 5 aromatic rings. The van der Waals surface area contributed by atoms with E-state index >= 15 is 8.78 Å². The van der Waals surface area contributed by atoms with E-state index in [0.29, 0.717) is 35.8 Å². The minimum atomic E-state index is -1.06. The van der Waals surface area contributed by atoms with E-state index in [2.05, 4.69) is 15.0 Å². The molecule has 9 nitrogen and oxygen atoms in total. The topological polar surface area (TPSA) is 109 Å². The van der Waals surface area contributed by atoms with Crippen molar-refractivity contribution in [3.8, 4) is 22.9 Å². The van der Waals surface area contributed by atoms with Crippen molar-refractivity contribution in [1.82, 2.24) is 19.5 Å². The zero-order valence-corrected chi connectivity index (χ0v) is 23.5. The molecule has 0 aliphatic carbocycles. The molecule has 1 atom stereocenters. The second-order valence-electron chi connectivity index (χ2n) is 10.3. The number of carbonyl (C=O) groups is 1. The summed E-state index contributed by atoms with van der Waals surface area (Å²) in [6.07, 6.45) is 2.44. The van der Waals surface area contributed by atoms with E-state index in [-0.39, 0.29) is 47.4 Å². The maximum atomic E-state index is 15.5. The molecular weight excluding hydrogens is 558 g/mol. The van der Waals surface area contributed by atoms with Crippen LogP contribution in [0.1, 0.15) is 39.4 Å². The maximum absolute atomic E-state index is 15.5. The first-order valence-corrected chi connectivity index (χ1v) is 13.7. The number of nitrogens with zero attached hydrogens (tertiary/aromatic N) is 4. The van der Waals surface area contributed by atoms with Crippen molar-refractivity contribution in [1.29, 1.82) is 0 Å². The Kier molecular flexibility index (Phi) is 7.73. The van der Waals surface area contributed by atoms with Gasteiger partial charge >= 0.3 is 5.97 Å². The lowest BCUT2D eigenvalue weighted by Gasteiger charge is -2.27. The molecule has 43 heavy (non-hydrogen) atoms. The van der Waals surface area contributed by atoms with Gasteiger partial charge in [-0.2, -0.15) is 0 Å². The molecule has 0 radical (unpaired) electrons. The van der Waals surface area contributed by atoms with Crippen LogP contribution in [0, 0.1) is 18.6 Å². The molecule has 11 heteroatoms. The lowest BCUT2D eigenvalue weighted by atomic mass is 10.0. The highest BCUT2D eigenvalue weighted by Gasteiger charge is 2.24. The lowest BCUT2D eigenvalue weighted by molar-refractivity contribution is -0.0589. The summed E-state index contributed by atoms with van der Waals surface area (Å²) in [5.41, 5.74) is 3.12. The van der Waals surface area contributed by atoms with Gasteiger partial charge < -0.3 is 23.9 Å². The molecule has 1 saturated heterocycles. The van der Waals surface area contributed by atoms with Crippen molar-refractivity contribution >= 4 is 17.0 Å². The van der Waals surface area contributed by atoms with E-state index in [9.17, 15) is 9.90 Å². The van der Waals surface area contributed by atoms with Gasteiger partial charge in [0.1, 0.15) is 29.8 Å². The van der Waals surface area contributed by atoms with Crippen LogP contribution in [0.15, 0.2) is 60.8 Å². The smallest absolute Gasteiger partial charge is 0.335 e. The van der Waals surface area contributed by atoms with Crippen LogP contribution in [0.25, 0.3) is 22.3 Å². The number of ether oxygens (including phenoxy) is 3. The molecule has 0 amide bonds. The molecule has 0 saturated carbocycles. The second kappa shape index (κ2) is 11.8. The average molecular weight is 587 g/mol. The molecular formula is C32H28F2N4O5. The van der Waals surface area contributed by atoms with Crippen LogP contribution in [0.3, 0.4) is 0 Å². The molecule has 6 rings (SSSR count). The zero-order chi connectivity index (χ0) is 30.1. The molecule has 1 aliphatic rings. The fourth-order valence-electron chi connectivity index (χ4n) is 5.02. The van der Waals surface area contributed by atoms with Gasteiger partial charge in [-0.05, 0) is 55.3 Å². The van der Waals surface area contributed by atoms with Crippen LogP contribution < -0.4 is 9.47 Å². The van der Waals surface area contributed by atoms with Gasteiger partial charge in [0.05, 0.1) is 42.0 Å². The van der Waals surface area contributed by atoms with E-state index in [0.717, 1.165) is 29.8 Å². The highest BCUT2D eigenvalue weighted by molar-refractivity contribution is 5.92. The van der Waals surface area contributed by atoms with Crippen LogP contribution >= 0.6 is 0 Å². The number of hydrogen-bond donors (Lipinski definition) is 1. The lowest BCUT2D eigenvalue weighted by Crippen LogP contribution is -2.31. The Morgan fingerprint density at radius 3 is 2.67 bits per heavy atom. The highest BCUT2D eigenvalue weighted by atomic mass is 19.1. The van der Waals surface area contributed by atoms with E-state index in [1.807, 2.05) is 11.5 Å². The SMILES string of the molecule is COc1cc(C)ncc1COc1cccc(-c2cc(F)c(Cc3nc4ccc(C(=O)O)cc4n3CC3CCO3)cc2F)n1. The van der Waals surface area contributed by atoms with Crippen molar-refractivity contribution in [2.24, 2.45) is 0 Å². The monoisotopic (exact) mass is 586 g/mol. The van der Waals surface area contributed by atoms with Gasteiger partial charge in [0.25, 0.3) is 0 Å². The molecule has 4 heterocycles. The number of imidazole rings is 1. The standard InChI is InChI=1S/C32H28F2N4O5/c1-18-10-29(41-2)21(15-35-18)17-43-31-5-3-4-26(37-31)23-14-24(33)20(11-25(23)34)13-30-36-27-7-6-19(32(39)40)12-28(27)38(30)16-22-8-9-42-22/h3-7,10-12,14-15,22H,8-9,13,16-17H2,1-2H3,(H,39,40). The van der Waals surface area contributed by atoms with Gasteiger partial charge in [0.15, 0.2) is 0 Å². The molecule has 3 aromatic heterocycles. The number of carboxylic acids is 1. The number of fused-ring (bicyclic) bond motifs is 1. The van der Waals surface area contributed by atoms with Crippen molar-refractivity contribution in [2.45, 2.75) is 39.0 Å². The molecule has 2 aromatic carbocycles. The Bertz CT molecular complexity index is 1840. The third kappa shape index (κ3) is 5.89. The average Bonchev–Trinajstić information content (AvgIpc) is 3.31. The van der Waals surface area contributed by atoms with Crippen LogP contribution in [0.5, 0.6) is 11.6 Å². The third-order valence-electron chi connectivity index (χ3n) is 7.41. The van der Waals surface area contributed by atoms with E-state index in [1.165, 1.54) is 6.07 Å². The largest absolute Gasteiger partial charge is 0.496 e. The van der Waals surface area contributed by atoms with Crippen LogP contribution in [0.4, 0.5) is 8.78 Å². The first kappa shape index (κ1) is 28.2. The number of hydrogen-bond acceptors (Lipinski definition) is 7. The molecule has 1 unspecified atom stereocenters. The Balaban J connectivity index is 1.26. The Morgan fingerprint density at radius 1 is 1.09 bits per heavy atom. The van der Waals surface area contributed by atoms with E-state index in [1.54, 1.807) is 49.7 Å². The van der Waals surface area contributed by atoms with Gasteiger partial charge in [0.2, 0.25) is 5.88 Å². The van der Waals surface area contributed by atoms with Crippen LogP contribution in [-0.2, 0) is 24.3 Å². The van der Waals surface area contributed by atoms with Crippen molar-refractivity contribution < 1.29 is 32.9 Å². The third-order valence-corrected chi connectivity index (χ3v) is 7.41. The molecule has 0 bridgehead atoms. The van der Waals surface area contributed by atoms with Crippen LogP contribution in [0.2, 0.25) is 0 Å². The van der Waals surface area contributed by atoms with Crippen molar-refractivity contribution in [2.75, 3.05) is 13.7 Å². The van der Waals surface area contributed by atoms with Gasteiger partial charge in [0, 0.05) is 48.2 Å². The Hall–Kier alpha value is -4.90. The quantitative estimate of drug-likeness (QED) is 0.221. The van der Waals surface area contributed by atoms with Gasteiger partial charge in [-0.1, -0.05) is 6.07 Å². The summed E-state index contributed by atoms with van der Waals surface area (Å²) < 4.78 is 49.6. The highest BCUT2D eigenvalue weighted by Crippen LogP contribution is 2.29. The summed E-state index contributed by atoms with van der Waals surface area (Å²) >= 11 is 0. The summed E-state index contributed by atoms with van der Waals surface area (Å²) in [6.45, 7) is 3.06. The molecule has 220 valence electrons. The summed E-state index contributed by atoms with van der Waals surface area (Å²) in [7, 11) is 1.56.